The molecule has 0 aliphatic rings. The first-order valence-electron chi connectivity index (χ1n) is 7.78. The zero-order valence-corrected chi connectivity index (χ0v) is 15.0. The molecule has 1 amide bonds. The summed E-state index contributed by atoms with van der Waals surface area (Å²) in [5.74, 6) is -0.722. The molecule has 128 valence electrons. The van der Waals surface area contributed by atoms with Crippen molar-refractivity contribution in [2.24, 2.45) is 0 Å². The van der Waals surface area contributed by atoms with E-state index in [-0.39, 0.29) is 18.6 Å². The van der Waals surface area contributed by atoms with Crippen molar-refractivity contribution in [2.45, 2.75) is 33.7 Å². The molecule has 0 spiro atoms. The highest BCUT2D eigenvalue weighted by Gasteiger charge is 2.24. The number of aromatic nitrogens is 1. The van der Waals surface area contributed by atoms with E-state index < -0.39 is 5.97 Å². The number of hydrogen-bond donors (Lipinski definition) is 2. The lowest BCUT2D eigenvalue weighted by atomic mass is 10.1. The summed E-state index contributed by atoms with van der Waals surface area (Å²) in [6.07, 6.45) is 0. The van der Waals surface area contributed by atoms with E-state index in [0.29, 0.717) is 27.5 Å². The first-order chi connectivity index (χ1) is 11.4. The molecule has 0 saturated carbocycles. The molecular weight excluding hydrogens is 328 g/mol. The van der Waals surface area contributed by atoms with Crippen LogP contribution in [-0.2, 0) is 4.74 Å². The third kappa shape index (κ3) is 3.62. The zero-order chi connectivity index (χ0) is 17.9. The molecule has 2 N–H and O–H groups in total. The molecule has 0 radical (unpaired) electrons. The number of aryl methyl sites for hydroxylation is 1. The first-order valence-corrected chi connectivity index (χ1v) is 8.16. The number of benzene rings is 1. The van der Waals surface area contributed by atoms with Crippen molar-refractivity contribution in [3.63, 3.8) is 0 Å². The molecule has 0 aliphatic carbocycles. The Morgan fingerprint density at radius 2 is 1.96 bits per heavy atom. The Bertz CT molecular complexity index is 768. The van der Waals surface area contributed by atoms with Crippen LogP contribution in [0, 0.1) is 13.8 Å². The monoisotopic (exact) mass is 348 g/mol. The standard InChI is InChI=1S/C18H21ClN2O3/c1-5-24-18(23)15-10(2)16(20-12(15)4)17(22)21-11(3)13-8-6-7-9-14(13)19/h6-9,11,20H,5H2,1-4H3,(H,21,22). The minimum Gasteiger partial charge on any atom is -0.462 e. The van der Waals surface area contributed by atoms with E-state index in [0.717, 1.165) is 5.56 Å². The van der Waals surface area contributed by atoms with Crippen LogP contribution in [-0.4, -0.2) is 23.5 Å². The number of ether oxygens (including phenoxy) is 1. The van der Waals surface area contributed by atoms with E-state index in [1.54, 1.807) is 26.8 Å². The summed E-state index contributed by atoms with van der Waals surface area (Å²) in [6.45, 7) is 7.36. The topological polar surface area (TPSA) is 71.2 Å². The number of carbonyl (C=O) groups is 2. The van der Waals surface area contributed by atoms with Crippen LogP contribution in [0.1, 0.15) is 57.6 Å². The average Bonchev–Trinajstić information content (AvgIpc) is 2.82. The van der Waals surface area contributed by atoms with E-state index in [1.807, 2.05) is 25.1 Å². The maximum absolute atomic E-state index is 12.6. The number of nitrogens with one attached hydrogen (secondary N) is 2. The molecule has 1 aromatic carbocycles. The van der Waals surface area contributed by atoms with Crippen LogP contribution in [0.2, 0.25) is 5.02 Å². The van der Waals surface area contributed by atoms with Crippen molar-refractivity contribution < 1.29 is 14.3 Å². The predicted molar refractivity (Wildman–Crippen MR) is 93.6 cm³/mol. The van der Waals surface area contributed by atoms with Gasteiger partial charge < -0.3 is 15.0 Å². The van der Waals surface area contributed by atoms with E-state index in [4.69, 9.17) is 16.3 Å². The molecule has 2 aromatic rings. The van der Waals surface area contributed by atoms with Crippen molar-refractivity contribution in [2.75, 3.05) is 6.61 Å². The fourth-order valence-corrected chi connectivity index (χ4v) is 2.96. The normalized spacial score (nSPS) is 11.9. The predicted octanol–water partition coefficient (Wildman–Crippen LogP) is 3.95. The Kier molecular flexibility index (Phi) is 5.67. The number of aromatic amines is 1. The lowest BCUT2D eigenvalue weighted by molar-refractivity contribution is 0.0525. The van der Waals surface area contributed by atoms with Gasteiger partial charge >= 0.3 is 5.97 Å². The number of amides is 1. The average molecular weight is 349 g/mol. The SMILES string of the molecule is CCOC(=O)c1c(C)[nH]c(C(=O)NC(C)c2ccccc2Cl)c1C. The Balaban J connectivity index is 2.23. The van der Waals surface area contributed by atoms with Gasteiger partial charge in [0.05, 0.1) is 18.2 Å². The Morgan fingerprint density at radius 3 is 2.58 bits per heavy atom. The molecule has 0 saturated heterocycles. The molecule has 6 heteroatoms. The summed E-state index contributed by atoms with van der Waals surface area (Å²) in [5.41, 5.74) is 2.79. The molecule has 0 aliphatic heterocycles. The van der Waals surface area contributed by atoms with Crippen molar-refractivity contribution >= 4 is 23.5 Å². The minimum atomic E-state index is -0.429. The van der Waals surface area contributed by atoms with Crippen molar-refractivity contribution in [3.8, 4) is 0 Å². The van der Waals surface area contributed by atoms with Crippen LogP contribution in [0.15, 0.2) is 24.3 Å². The number of rotatable bonds is 5. The van der Waals surface area contributed by atoms with Crippen LogP contribution in [0.5, 0.6) is 0 Å². The molecule has 1 heterocycles. The highest BCUT2D eigenvalue weighted by molar-refractivity contribution is 6.31. The summed E-state index contributed by atoms with van der Waals surface area (Å²) >= 11 is 6.17. The Morgan fingerprint density at radius 1 is 1.29 bits per heavy atom. The van der Waals surface area contributed by atoms with Crippen molar-refractivity contribution in [1.29, 1.82) is 0 Å². The fraction of sp³-hybridized carbons (Fsp3) is 0.333. The van der Waals surface area contributed by atoms with Gasteiger partial charge in [0, 0.05) is 10.7 Å². The summed E-state index contributed by atoms with van der Waals surface area (Å²) in [7, 11) is 0. The number of H-pyrrole nitrogens is 1. The van der Waals surface area contributed by atoms with Crippen LogP contribution in [0.3, 0.4) is 0 Å². The van der Waals surface area contributed by atoms with Crippen LogP contribution >= 0.6 is 11.6 Å². The molecule has 1 aromatic heterocycles. The van der Waals surface area contributed by atoms with Gasteiger partial charge in [0.25, 0.3) is 5.91 Å². The van der Waals surface area contributed by atoms with Gasteiger partial charge in [-0.25, -0.2) is 4.79 Å². The Hall–Kier alpha value is -2.27. The number of carbonyl (C=O) groups excluding carboxylic acids is 2. The number of halogens is 1. The van der Waals surface area contributed by atoms with Crippen LogP contribution in [0.4, 0.5) is 0 Å². The van der Waals surface area contributed by atoms with Gasteiger partial charge in [0.15, 0.2) is 0 Å². The third-order valence-corrected chi connectivity index (χ3v) is 4.21. The highest BCUT2D eigenvalue weighted by Crippen LogP contribution is 2.24. The first kappa shape index (κ1) is 18.1. The third-order valence-electron chi connectivity index (χ3n) is 3.86. The Labute approximate surface area is 146 Å². The largest absolute Gasteiger partial charge is 0.462 e. The number of hydrogen-bond acceptors (Lipinski definition) is 3. The van der Waals surface area contributed by atoms with Crippen molar-refractivity contribution in [1.82, 2.24) is 10.3 Å². The molecule has 5 nitrogen and oxygen atoms in total. The molecule has 1 atom stereocenters. The molecule has 24 heavy (non-hydrogen) atoms. The second kappa shape index (κ2) is 7.53. The van der Waals surface area contributed by atoms with E-state index in [1.165, 1.54) is 0 Å². The summed E-state index contributed by atoms with van der Waals surface area (Å²) in [5, 5.41) is 3.49. The molecular formula is C18H21ClN2O3. The lowest BCUT2D eigenvalue weighted by Crippen LogP contribution is -2.27. The van der Waals surface area contributed by atoms with E-state index >= 15 is 0 Å². The second-order valence-electron chi connectivity index (χ2n) is 5.56. The fourth-order valence-electron chi connectivity index (χ4n) is 2.66. The maximum atomic E-state index is 12.6. The maximum Gasteiger partial charge on any atom is 0.340 e. The molecule has 0 bridgehead atoms. The molecule has 0 fully saturated rings. The summed E-state index contributed by atoms with van der Waals surface area (Å²) in [4.78, 5) is 27.6. The van der Waals surface area contributed by atoms with Gasteiger partial charge in [-0.2, -0.15) is 0 Å². The lowest BCUT2D eigenvalue weighted by Gasteiger charge is -2.15. The van der Waals surface area contributed by atoms with Gasteiger partial charge in [-0.05, 0) is 44.9 Å². The molecule has 1 unspecified atom stereocenters. The summed E-state index contributed by atoms with van der Waals surface area (Å²) in [6, 6.07) is 7.09. The summed E-state index contributed by atoms with van der Waals surface area (Å²) < 4.78 is 5.04. The van der Waals surface area contributed by atoms with Gasteiger partial charge in [0.1, 0.15) is 5.69 Å². The van der Waals surface area contributed by atoms with E-state index in [2.05, 4.69) is 10.3 Å². The quantitative estimate of drug-likeness (QED) is 0.803. The second-order valence-corrected chi connectivity index (χ2v) is 5.97. The number of esters is 1. The smallest absolute Gasteiger partial charge is 0.340 e. The highest BCUT2D eigenvalue weighted by atomic mass is 35.5. The van der Waals surface area contributed by atoms with Crippen molar-refractivity contribution in [3.05, 3.63) is 57.4 Å². The van der Waals surface area contributed by atoms with Gasteiger partial charge in [-0.15, -0.1) is 0 Å². The zero-order valence-electron chi connectivity index (χ0n) is 14.2. The van der Waals surface area contributed by atoms with Gasteiger partial charge in [-0.3, -0.25) is 4.79 Å². The molecule has 2 rings (SSSR count). The van der Waals surface area contributed by atoms with Gasteiger partial charge in [0.2, 0.25) is 0 Å². The van der Waals surface area contributed by atoms with E-state index in [9.17, 15) is 9.59 Å². The van der Waals surface area contributed by atoms with Crippen LogP contribution < -0.4 is 5.32 Å². The van der Waals surface area contributed by atoms with Crippen LogP contribution in [0.25, 0.3) is 0 Å². The van der Waals surface area contributed by atoms with Gasteiger partial charge in [-0.1, -0.05) is 29.8 Å². The minimum absolute atomic E-state index is 0.264.